The molecule has 0 bridgehead atoms. The normalized spacial score (nSPS) is 19.0. The van der Waals surface area contributed by atoms with Gasteiger partial charge >= 0.3 is 0 Å². The molecule has 1 N–H and O–H groups in total. The number of nitrogens with one attached hydrogen (secondary N) is 1. The highest BCUT2D eigenvalue weighted by Crippen LogP contribution is 2.47. The van der Waals surface area contributed by atoms with E-state index in [1.165, 1.54) is 12.8 Å². The van der Waals surface area contributed by atoms with Crippen LogP contribution >= 0.6 is 0 Å². The van der Waals surface area contributed by atoms with Crippen LogP contribution in [0.25, 0.3) is 0 Å². The molecule has 0 radical (unpaired) electrons. The lowest BCUT2D eigenvalue weighted by molar-refractivity contribution is -0.144. The Morgan fingerprint density at radius 3 is 2.52 bits per heavy atom. The van der Waals surface area contributed by atoms with Gasteiger partial charge in [0.15, 0.2) is 0 Å². The number of carbonyl (C=O) groups is 2. The molecular formula is C20H28N2O3. The summed E-state index contributed by atoms with van der Waals surface area (Å²) in [5.74, 6) is 0.775. The van der Waals surface area contributed by atoms with Gasteiger partial charge in [0.25, 0.3) is 0 Å². The van der Waals surface area contributed by atoms with Crippen LogP contribution in [0, 0.1) is 5.41 Å². The zero-order chi connectivity index (χ0) is 17.7. The van der Waals surface area contributed by atoms with Gasteiger partial charge in [-0.1, -0.05) is 25.0 Å². The van der Waals surface area contributed by atoms with Crippen molar-refractivity contribution in [2.24, 2.45) is 5.41 Å². The predicted octanol–water partition coefficient (Wildman–Crippen LogP) is 2.54. The molecule has 1 saturated carbocycles. The monoisotopic (exact) mass is 344 g/mol. The predicted molar refractivity (Wildman–Crippen MR) is 96.4 cm³/mol. The van der Waals surface area contributed by atoms with Crippen molar-refractivity contribution in [1.82, 2.24) is 10.2 Å². The molecule has 0 spiro atoms. The minimum atomic E-state index is -0.779. The molecule has 2 fully saturated rings. The number of hydrogen-bond acceptors (Lipinski definition) is 3. The molecule has 5 nitrogen and oxygen atoms in total. The summed E-state index contributed by atoms with van der Waals surface area (Å²) in [7, 11) is 1.65. The molecule has 1 aliphatic heterocycles. The summed E-state index contributed by atoms with van der Waals surface area (Å²) in [6.45, 7) is 2.15. The fourth-order valence-corrected chi connectivity index (χ4v) is 3.56. The second kappa shape index (κ2) is 7.89. The third-order valence-corrected chi connectivity index (χ3v) is 5.32. The van der Waals surface area contributed by atoms with E-state index >= 15 is 0 Å². The van der Waals surface area contributed by atoms with E-state index in [1.807, 2.05) is 29.2 Å². The molecule has 5 heteroatoms. The zero-order valence-electron chi connectivity index (χ0n) is 15.1. The Balaban J connectivity index is 1.52. The first-order valence-electron chi connectivity index (χ1n) is 9.36. The van der Waals surface area contributed by atoms with Crippen LogP contribution in [0.2, 0.25) is 0 Å². The molecule has 1 saturated heterocycles. The Morgan fingerprint density at radius 2 is 1.88 bits per heavy atom. The lowest BCUT2D eigenvalue weighted by Crippen LogP contribution is -2.46. The van der Waals surface area contributed by atoms with E-state index in [2.05, 4.69) is 5.32 Å². The molecule has 0 atom stereocenters. The summed E-state index contributed by atoms with van der Waals surface area (Å²) in [5.41, 5.74) is 0.335. The molecule has 1 aliphatic carbocycles. The highest BCUT2D eigenvalue weighted by Gasteiger charge is 2.57. The van der Waals surface area contributed by atoms with E-state index in [0.717, 1.165) is 43.7 Å². The lowest BCUT2D eigenvalue weighted by Gasteiger charge is -2.25. The van der Waals surface area contributed by atoms with Crippen molar-refractivity contribution in [1.29, 1.82) is 0 Å². The van der Waals surface area contributed by atoms with Crippen LogP contribution in [0.4, 0.5) is 0 Å². The second-order valence-electron chi connectivity index (χ2n) is 7.15. The molecule has 1 aromatic rings. The number of methoxy groups -OCH3 is 1. The van der Waals surface area contributed by atoms with E-state index in [9.17, 15) is 9.59 Å². The molecule has 0 aromatic heterocycles. The highest BCUT2D eigenvalue weighted by atomic mass is 16.5. The van der Waals surface area contributed by atoms with E-state index in [0.29, 0.717) is 19.4 Å². The van der Waals surface area contributed by atoms with E-state index in [1.54, 1.807) is 7.11 Å². The maximum atomic E-state index is 12.8. The topological polar surface area (TPSA) is 58.6 Å². The van der Waals surface area contributed by atoms with Crippen molar-refractivity contribution < 1.29 is 14.3 Å². The quantitative estimate of drug-likeness (QED) is 0.807. The van der Waals surface area contributed by atoms with Crippen LogP contribution in [-0.4, -0.2) is 43.5 Å². The van der Waals surface area contributed by atoms with Gasteiger partial charge in [0, 0.05) is 19.6 Å². The lowest BCUT2D eigenvalue weighted by atomic mass is 10.0. The summed E-state index contributed by atoms with van der Waals surface area (Å²) in [6.07, 6.45) is 6.59. The third kappa shape index (κ3) is 4.14. The molecule has 0 unspecified atom stereocenters. The van der Waals surface area contributed by atoms with Gasteiger partial charge in [-0.25, -0.2) is 0 Å². The van der Waals surface area contributed by atoms with Crippen molar-refractivity contribution in [3.05, 3.63) is 29.8 Å². The van der Waals surface area contributed by atoms with E-state index in [4.69, 9.17) is 4.74 Å². The van der Waals surface area contributed by atoms with Crippen molar-refractivity contribution in [3.8, 4) is 5.75 Å². The Labute approximate surface area is 149 Å². The maximum absolute atomic E-state index is 12.8. The van der Waals surface area contributed by atoms with Crippen LogP contribution in [0.1, 0.15) is 44.1 Å². The number of rotatable bonds is 6. The first kappa shape index (κ1) is 17.8. The standard InChI is InChI=1S/C20H28N2O3/c1-25-17-8-6-7-16(15-17)9-12-21-18(23)20(10-11-20)19(24)22-13-4-2-3-5-14-22/h6-8,15H,2-5,9-14H2,1H3,(H,21,23). The van der Waals surface area contributed by atoms with E-state index < -0.39 is 5.41 Å². The van der Waals surface area contributed by atoms with Crippen molar-refractivity contribution >= 4 is 11.8 Å². The van der Waals surface area contributed by atoms with Crippen LogP contribution in [0.15, 0.2) is 24.3 Å². The van der Waals surface area contributed by atoms with Crippen LogP contribution in [-0.2, 0) is 16.0 Å². The van der Waals surface area contributed by atoms with Gasteiger partial charge in [-0.3, -0.25) is 9.59 Å². The van der Waals surface area contributed by atoms with Crippen molar-refractivity contribution in [3.63, 3.8) is 0 Å². The fourth-order valence-electron chi connectivity index (χ4n) is 3.56. The van der Waals surface area contributed by atoms with E-state index in [-0.39, 0.29) is 11.8 Å². The number of amides is 2. The van der Waals surface area contributed by atoms with Gasteiger partial charge in [-0.15, -0.1) is 0 Å². The fraction of sp³-hybridized carbons (Fsp3) is 0.600. The smallest absolute Gasteiger partial charge is 0.238 e. The highest BCUT2D eigenvalue weighted by molar-refractivity contribution is 6.07. The average Bonchev–Trinajstić information content (AvgIpc) is 3.46. The van der Waals surface area contributed by atoms with Gasteiger partial charge in [0.05, 0.1) is 7.11 Å². The van der Waals surface area contributed by atoms with Gasteiger partial charge < -0.3 is 15.0 Å². The van der Waals surface area contributed by atoms with Gasteiger partial charge in [0.2, 0.25) is 11.8 Å². The second-order valence-corrected chi connectivity index (χ2v) is 7.15. The molecule has 136 valence electrons. The number of benzene rings is 1. The summed E-state index contributed by atoms with van der Waals surface area (Å²) in [6, 6.07) is 7.84. The largest absolute Gasteiger partial charge is 0.497 e. The van der Waals surface area contributed by atoms with Gasteiger partial charge in [0.1, 0.15) is 11.2 Å². The number of carbonyl (C=O) groups excluding carboxylic acids is 2. The van der Waals surface area contributed by atoms with Crippen molar-refractivity contribution in [2.75, 3.05) is 26.7 Å². The van der Waals surface area contributed by atoms with Crippen LogP contribution in [0.3, 0.4) is 0 Å². The van der Waals surface area contributed by atoms with Gasteiger partial charge in [-0.2, -0.15) is 0 Å². The third-order valence-electron chi connectivity index (χ3n) is 5.32. The summed E-state index contributed by atoms with van der Waals surface area (Å²) >= 11 is 0. The Bertz CT molecular complexity index is 617. The molecular weight excluding hydrogens is 316 g/mol. The van der Waals surface area contributed by atoms with Crippen molar-refractivity contribution in [2.45, 2.75) is 44.9 Å². The Kier molecular flexibility index (Phi) is 5.61. The molecule has 1 aromatic carbocycles. The average molecular weight is 344 g/mol. The zero-order valence-corrected chi connectivity index (χ0v) is 15.1. The summed E-state index contributed by atoms with van der Waals surface area (Å²) < 4.78 is 5.22. The number of likely N-dealkylation sites (tertiary alicyclic amines) is 1. The molecule has 2 aliphatic rings. The minimum Gasteiger partial charge on any atom is -0.497 e. The summed E-state index contributed by atoms with van der Waals surface area (Å²) in [4.78, 5) is 27.4. The minimum absolute atomic E-state index is 0.0493. The molecule has 25 heavy (non-hydrogen) atoms. The summed E-state index contributed by atoms with van der Waals surface area (Å²) in [5, 5.41) is 2.98. The van der Waals surface area contributed by atoms with Crippen LogP contribution < -0.4 is 10.1 Å². The first-order valence-corrected chi connectivity index (χ1v) is 9.36. The first-order chi connectivity index (χ1) is 12.2. The Hall–Kier alpha value is -2.04. The number of ether oxygens (including phenoxy) is 1. The number of nitrogens with zero attached hydrogens (tertiary/aromatic N) is 1. The van der Waals surface area contributed by atoms with Gasteiger partial charge in [-0.05, 0) is 49.8 Å². The maximum Gasteiger partial charge on any atom is 0.238 e. The van der Waals surface area contributed by atoms with Crippen LogP contribution in [0.5, 0.6) is 5.75 Å². The SMILES string of the molecule is COc1cccc(CCNC(=O)C2(C(=O)N3CCCCCC3)CC2)c1. The molecule has 2 amide bonds. The molecule has 1 heterocycles. The molecule has 3 rings (SSSR count). The Morgan fingerprint density at radius 1 is 1.16 bits per heavy atom. The number of hydrogen-bond donors (Lipinski definition) is 1.